The van der Waals surface area contributed by atoms with Gasteiger partial charge in [-0.05, 0) is 15.9 Å². The van der Waals surface area contributed by atoms with Crippen LogP contribution in [0.5, 0.6) is 0 Å². The highest BCUT2D eigenvalue weighted by Gasteiger charge is 2.55. The van der Waals surface area contributed by atoms with Gasteiger partial charge in [-0.1, -0.05) is 0 Å². The maximum absolute atomic E-state index is 11.2. The summed E-state index contributed by atoms with van der Waals surface area (Å²) < 4.78 is 12.4. The molecule has 0 saturated heterocycles. The fourth-order valence-electron chi connectivity index (χ4n) is 1.56. The van der Waals surface area contributed by atoms with E-state index in [0.29, 0.717) is 0 Å². The average molecular weight is 417 g/mol. The molecule has 0 rings (SSSR count). The highest BCUT2D eigenvalue weighted by molar-refractivity contribution is 9.18. The summed E-state index contributed by atoms with van der Waals surface area (Å²) >= 11 is 2.33. The molecule has 24 heavy (non-hydrogen) atoms. The Hall–Kier alpha value is -1.60. The monoisotopic (exact) mass is 416 g/mol. The molecule has 4 atom stereocenters. The van der Waals surface area contributed by atoms with Gasteiger partial charge in [0.05, 0.1) is 0 Å². The van der Waals surface area contributed by atoms with Gasteiger partial charge in [-0.25, -0.2) is 0 Å². The summed E-state index contributed by atoms with van der Waals surface area (Å²) in [4.78, 5) is 44.5. The van der Waals surface area contributed by atoms with Crippen LogP contribution in [-0.4, -0.2) is 73.4 Å². The predicted molar refractivity (Wildman–Crippen MR) is 76.0 cm³/mol. The first-order valence-corrected chi connectivity index (χ1v) is 7.13. The van der Waals surface area contributed by atoms with Crippen LogP contribution < -0.4 is 0 Å². The molecule has 11 nitrogen and oxygen atoms in total. The van der Waals surface area contributed by atoms with Crippen molar-refractivity contribution < 1.29 is 53.8 Å². The van der Waals surface area contributed by atoms with Crippen LogP contribution in [0.4, 0.5) is 0 Å². The zero-order valence-corrected chi connectivity index (χ0v) is 14.4. The van der Waals surface area contributed by atoms with Gasteiger partial charge >= 0.3 is 23.9 Å². The molecule has 0 aliphatic carbocycles. The first-order chi connectivity index (χ1) is 10.8. The molecular weight excluding hydrogens is 400 g/mol. The van der Waals surface area contributed by atoms with E-state index in [1.807, 2.05) is 0 Å². The summed E-state index contributed by atoms with van der Waals surface area (Å²) in [6.07, 6.45) is -9.50. The van der Waals surface area contributed by atoms with E-state index in [0.717, 1.165) is 20.8 Å². The second-order valence-corrected chi connectivity index (χ2v) is 5.34. The smallest absolute Gasteiger partial charge is 0.387 e. The summed E-state index contributed by atoms with van der Waals surface area (Å²) in [5.41, 5.74) is 0. The van der Waals surface area contributed by atoms with Crippen LogP contribution in [0.15, 0.2) is 0 Å². The lowest BCUT2D eigenvalue weighted by molar-refractivity contribution is -0.375. The Labute approximate surface area is 144 Å². The fourth-order valence-corrected chi connectivity index (χ4v) is 1.83. The van der Waals surface area contributed by atoms with Crippen molar-refractivity contribution >= 4 is 38.5 Å². The lowest BCUT2D eigenvalue weighted by Gasteiger charge is -2.37. The van der Waals surface area contributed by atoms with Crippen LogP contribution in [0.1, 0.15) is 20.8 Å². The Morgan fingerprint density at radius 2 is 1.12 bits per heavy atom. The molecule has 12 heteroatoms. The minimum absolute atomic E-state index is 0.814. The van der Waals surface area contributed by atoms with Gasteiger partial charge in [0.2, 0.25) is 10.8 Å². The van der Waals surface area contributed by atoms with Crippen molar-refractivity contribution in [2.75, 3.05) is 0 Å². The zero-order valence-electron chi connectivity index (χ0n) is 12.8. The van der Waals surface area contributed by atoms with E-state index in [9.17, 15) is 39.6 Å². The number of carbonyl (C=O) groups excluding carboxylic acids is 4. The number of hydrogen-bond acceptors (Lipinski definition) is 11. The van der Waals surface area contributed by atoms with E-state index >= 15 is 0 Å². The molecule has 0 spiro atoms. The van der Waals surface area contributed by atoms with Gasteiger partial charge in [-0.15, -0.1) is 0 Å². The highest BCUT2D eigenvalue weighted by atomic mass is 79.9. The Morgan fingerprint density at radius 3 is 1.38 bits per heavy atom. The molecule has 0 bridgehead atoms. The first-order valence-electron chi connectivity index (χ1n) is 6.34. The highest BCUT2D eigenvalue weighted by Crippen LogP contribution is 2.26. The second-order valence-electron chi connectivity index (χ2n) is 4.56. The van der Waals surface area contributed by atoms with E-state index in [1.165, 1.54) is 0 Å². The number of rotatable bonds is 8. The SMILES string of the molecule is CC(=O)OC(OC(C)=O)(OC(C)=O)[C@H](O)[C@H](O)[C@@H](O)[C@@H](O)C(=O)Br. The van der Waals surface area contributed by atoms with Crippen molar-refractivity contribution in [1.29, 1.82) is 0 Å². The van der Waals surface area contributed by atoms with Crippen LogP contribution in [0.2, 0.25) is 0 Å². The molecule has 0 aromatic carbocycles. The van der Waals surface area contributed by atoms with Crippen molar-refractivity contribution in [2.45, 2.75) is 51.2 Å². The lowest BCUT2D eigenvalue weighted by Crippen LogP contribution is -2.61. The van der Waals surface area contributed by atoms with E-state index in [1.54, 1.807) is 0 Å². The van der Waals surface area contributed by atoms with E-state index in [-0.39, 0.29) is 0 Å². The zero-order chi connectivity index (χ0) is 19.2. The number of esters is 3. The normalized spacial score (nSPS) is 16.3. The Balaban J connectivity index is 5.80. The van der Waals surface area contributed by atoms with Gasteiger partial charge in [-0.3, -0.25) is 19.2 Å². The Kier molecular flexibility index (Phi) is 8.43. The largest absolute Gasteiger partial charge is 0.454 e. The van der Waals surface area contributed by atoms with E-state index in [2.05, 4.69) is 30.1 Å². The molecule has 0 unspecified atom stereocenters. The predicted octanol–water partition coefficient (Wildman–Crippen LogP) is -2.31. The quantitative estimate of drug-likeness (QED) is 0.190. The molecule has 0 aliphatic heterocycles. The number of carbonyl (C=O) groups is 4. The van der Waals surface area contributed by atoms with Crippen LogP contribution in [0.25, 0.3) is 0 Å². The van der Waals surface area contributed by atoms with Crippen molar-refractivity contribution in [3.8, 4) is 0 Å². The van der Waals surface area contributed by atoms with Crippen LogP contribution >= 0.6 is 15.9 Å². The van der Waals surface area contributed by atoms with Gasteiger partial charge in [0.25, 0.3) is 0 Å². The van der Waals surface area contributed by atoms with Crippen molar-refractivity contribution in [1.82, 2.24) is 0 Å². The minimum atomic E-state index is -3.14. The topological polar surface area (TPSA) is 177 Å². The van der Waals surface area contributed by atoms with Gasteiger partial charge in [-0.2, -0.15) is 0 Å². The molecule has 0 radical (unpaired) electrons. The second kappa shape index (κ2) is 9.03. The average Bonchev–Trinajstić information content (AvgIpc) is 2.41. The Morgan fingerprint density at radius 1 is 0.792 bits per heavy atom. The van der Waals surface area contributed by atoms with Gasteiger partial charge in [0.15, 0.2) is 6.10 Å². The van der Waals surface area contributed by atoms with Gasteiger partial charge < -0.3 is 34.6 Å². The van der Waals surface area contributed by atoms with Crippen molar-refractivity contribution in [3.63, 3.8) is 0 Å². The van der Waals surface area contributed by atoms with Crippen LogP contribution in [0, 0.1) is 0 Å². The molecule has 0 aromatic rings. The summed E-state index contributed by atoms with van der Waals surface area (Å²) in [5.74, 6) is -6.69. The minimum Gasteiger partial charge on any atom is -0.387 e. The molecule has 0 amide bonds. The molecule has 0 fully saturated rings. The van der Waals surface area contributed by atoms with Crippen LogP contribution in [-0.2, 0) is 33.4 Å². The van der Waals surface area contributed by atoms with E-state index < -0.39 is 53.0 Å². The Bertz CT molecular complexity index is 464. The fraction of sp³-hybridized carbons (Fsp3) is 0.667. The number of aliphatic hydroxyl groups excluding tert-OH is 4. The number of hydrogen-bond donors (Lipinski definition) is 4. The maximum Gasteiger partial charge on any atom is 0.454 e. The van der Waals surface area contributed by atoms with E-state index in [4.69, 9.17) is 0 Å². The molecule has 0 aliphatic rings. The molecular formula is C12H17BrO11. The number of ether oxygens (including phenoxy) is 3. The third-order valence-corrected chi connectivity index (χ3v) is 2.92. The molecule has 138 valence electrons. The third-order valence-electron chi connectivity index (χ3n) is 2.45. The summed E-state index contributed by atoms with van der Waals surface area (Å²) in [5, 5.41) is 39.0. The summed E-state index contributed by atoms with van der Waals surface area (Å²) in [6, 6.07) is 0. The lowest BCUT2D eigenvalue weighted by atomic mass is 10.0. The third kappa shape index (κ3) is 6.13. The number of aliphatic hydroxyl groups is 4. The standard InChI is InChI=1S/C12H17BrO11/c1-4(14)22-12(23-5(2)15,24-6(3)16)10(20)8(18)7(17)9(19)11(13)21/h7-10,17-20H,1-3H3/t7-,8-,9-,10-/m1/s1. The van der Waals surface area contributed by atoms with Crippen LogP contribution in [0.3, 0.4) is 0 Å². The molecule has 0 saturated carbocycles. The summed E-state index contributed by atoms with van der Waals surface area (Å²) in [6.45, 7) is 2.44. The molecule has 4 N–H and O–H groups in total. The van der Waals surface area contributed by atoms with Gasteiger partial charge in [0, 0.05) is 20.8 Å². The summed E-state index contributed by atoms with van der Waals surface area (Å²) in [7, 11) is 0. The van der Waals surface area contributed by atoms with Crippen molar-refractivity contribution in [3.05, 3.63) is 0 Å². The molecule has 0 aromatic heterocycles. The van der Waals surface area contributed by atoms with Crippen molar-refractivity contribution in [2.24, 2.45) is 0 Å². The van der Waals surface area contributed by atoms with Gasteiger partial charge in [0.1, 0.15) is 12.2 Å². The maximum atomic E-state index is 11.2. The number of halogens is 1. The first kappa shape index (κ1) is 22.4. The molecule has 0 heterocycles.